The van der Waals surface area contributed by atoms with Crippen LogP contribution in [-0.4, -0.2) is 41.6 Å². The molecule has 1 fully saturated rings. The summed E-state index contributed by atoms with van der Waals surface area (Å²) in [5.74, 6) is -1.42. The van der Waals surface area contributed by atoms with Crippen molar-refractivity contribution in [2.24, 2.45) is 5.92 Å². The lowest BCUT2D eigenvalue weighted by Gasteiger charge is -2.34. The molecule has 2 atom stereocenters. The number of benzene rings is 1. The van der Waals surface area contributed by atoms with Crippen molar-refractivity contribution in [2.45, 2.75) is 25.9 Å². The number of carbonyl (C=O) groups excluding carboxylic acids is 1. The first-order valence-corrected chi connectivity index (χ1v) is 7.30. The summed E-state index contributed by atoms with van der Waals surface area (Å²) in [6, 6.07) is 9.66. The van der Waals surface area contributed by atoms with Crippen LogP contribution < -0.4 is 0 Å². The van der Waals surface area contributed by atoms with E-state index in [-0.39, 0.29) is 24.5 Å². The van der Waals surface area contributed by atoms with E-state index < -0.39 is 5.97 Å². The number of rotatable bonds is 5. The Morgan fingerprint density at radius 2 is 2.05 bits per heavy atom. The van der Waals surface area contributed by atoms with Gasteiger partial charge in [-0.2, -0.15) is 0 Å². The summed E-state index contributed by atoms with van der Waals surface area (Å²) in [4.78, 5) is 24.9. The first-order chi connectivity index (χ1) is 10.1. The SMILES string of the molecule is CCN(CC(=O)O)C(=O)[C@H]1CCCO[C@@H]1c1ccccc1. The number of carboxylic acid groups (broad SMARTS) is 1. The number of ether oxygens (including phenoxy) is 1. The minimum absolute atomic E-state index is 0.131. The first kappa shape index (κ1) is 15.5. The summed E-state index contributed by atoms with van der Waals surface area (Å²) in [6.07, 6.45) is 1.27. The van der Waals surface area contributed by atoms with Crippen molar-refractivity contribution in [3.63, 3.8) is 0 Å². The Morgan fingerprint density at radius 1 is 1.33 bits per heavy atom. The third-order valence-electron chi connectivity index (χ3n) is 3.79. The van der Waals surface area contributed by atoms with E-state index in [1.54, 1.807) is 6.92 Å². The molecule has 1 saturated heterocycles. The van der Waals surface area contributed by atoms with Gasteiger partial charge in [0.15, 0.2) is 0 Å². The Labute approximate surface area is 124 Å². The van der Waals surface area contributed by atoms with Crippen molar-refractivity contribution in [2.75, 3.05) is 19.7 Å². The summed E-state index contributed by atoms with van der Waals surface area (Å²) in [7, 11) is 0. The zero-order valence-corrected chi connectivity index (χ0v) is 12.2. The first-order valence-electron chi connectivity index (χ1n) is 7.30. The van der Waals surface area contributed by atoms with E-state index in [4.69, 9.17) is 9.84 Å². The van der Waals surface area contributed by atoms with E-state index in [0.29, 0.717) is 13.2 Å². The number of likely N-dealkylation sites (N-methyl/N-ethyl adjacent to an activating group) is 1. The maximum Gasteiger partial charge on any atom is 0.323 e. The zero-order valence-electron chi connectivity index (χ0n) is 12.2. The van der Waals surface area contributed by atoms with Gasteiger partial charge in [-0.25, -0.2) is 0 Å². The third kappa shape index (κ3) is 3.82. The summed E-state index contributed by atoms with van der Waals surface area (Å²) >= 11 is 0. The van der Waals surface area contributed by atoms with Crippen LogP contribution in [-0.2, 0) is 14.3 Å². The molecule has 0 aromatic heterocycles. The van der Waals surface area contributed by atoms with Crippen molar-refractivity contribution in [1.29, 1.82) is 0 Å². The molecule has 0 bridgehead atoms. The molecular weight excluding hydrogens is 270 g/mol. The Kier molecular flexibility index (Phi) is 5.33. The van der Waals surface area contributed by atoms with E-state index in [2.05, 4.69) is 0 Å². The molecule has 1 aliphatic rings. The quantitative estimate of drug-likeness (QED) is 0.902. The number of amides is 1. The average Bonchev–Trinajstić information content (AvgIpc) is 2.52. The van der Waals surface area contributed by atoms with E-state index in [0.717, 1.165) is 18.4 Å². The highest BCUT2D eigenvalue weighted by Gasteiger charge is 2.35. The molecule has 0 radical (unpaired) electrons. The molecule has 0 spiro atoms. The molecule has 0 unspecified atom stereocenters. The molecule has 2 rings (SSSR count). The predicted octanol–water partition coefficient (Wildman–Crippen LogP) is 2.09. The van der Waals surface area contributed by atoms with Crippen molar-refractivity contribution in [1.82, 2.24) is 4.90 Å². The summed E-state index contributed by atoms with van der Waals surface area (Å²) in [5.41, 5.74) is 0.974. The van der Waals surface area contributed by atoms with Gasteiger partial charge in [-0.3, -0.25) is 9.59 Å². The molecule has 5 nitrogen and oxygen atoms in total. The normalized spacial score (nSPS) is 21.8. The lowest BCUT2D eigenvalue weighted by Crippen LogP contribution is -2.43. The second kappa shape index (κ2) is 7.22. The van der Waals surface area contributed by atoms with Gasteiger partial charge in [0.1, 0.15) is 6.54 Å². The minimum atomic E-state index is -0.988. The number of carboxylic acids is 1. The third-order valence-corrected chi connectivity index (χ3v) is 3.79. The maximum atomic E-state index is 12.6. The van der Waals surface area contributed by atoms with Crippen LogP contribution in [0.3, 0.4) is 0 Å². The molecular formula is C16H21NO4. The highest BCUT2D eigenvalue weighted by Crippen LogP contribution is 2.34. The fraction of sp³-hybridized carbons (Fsp3) is 0.500. The van der Waals surface area contributed by atoms with Gasteiger partial charge in [-0.15, -0.1) is 0 Å². The molecule has 1 aliphatic heterocycles. The molecule has 1 heterocycles. The largest absolute Gasteiger partial charge is 0.480 e. The van der Waals surface area contributed by atoms with Crippen LogP contribution in [0.5, 0.6) is 0 Å². The Bertz CT molecular complexity index is 488. The van der Waals surface area contributed by atoms with Gasteiger partial charge < -0.3 is 14.7 Å². The van der Waals surface area contributed by atoms with Gasteiger partial charge in [0.2, 0.25) is 5.91 Å². The molecule has 1 aromatic carbocycles. The lowest BCUT2D eigenvalue weighted by molar-refractivity contribution is -0.151. The highest BCUT2D eigenvalue weighted by molar-refractivity contribution is 5.83. The number of hydrogen-bond donors (Lipinski definition) is 1. The van der Waals surface area contributed by atoms with Crippen molar-refractivity contribution in [3.05, 3.63) is 35.9 Å². The second-order valence-corrected chi connectivity index (χ2v) is 5.20. The van der Waals surface area contributed by atoms with Crippen LogP contribution in [0.25, 0.3) is 0 Å². The van der Waals surface area contributed by atoms with Crippen LogP contribution in [0.15, 0.2) is 30.3 Å². The number of carbonyl (C=O) groups is 2. The molecule has 21 heavy (non-hydrogen) atoms. The van der Waals surface area contributed by atoms with E-state index in [1.807, 2.05) is 30.3 Å². The number of aliphatic carboxylic acids is 1. The van der Waals surface area contributed by atoms with Gasteiger partial charge in [0.25, 0.3) is 0 Å². The van der Waals surface area contributed by atoms with Gasteiger partial charge in [-0.05, 0) is 25.3 Å². The Balaban J connectivity index is 2.18. The Morgan fingerprint density at radius 3 is 2.67 bits per heavy atom. The fourth-order valence-corrected chi connectivity index (χ4v) is 2.75. The van der Waals surface area contributed by atoms with Crippen molar-refractivity contribution in [3.8, 4) is 0 Å². The molecule has 0 aliphatic carbocycles. The second-order valence-electron chi connectivity index (χ2n) is 5.20. The molecule has 1 N–H and O–H groups in total. The smallest absolute Gasteiger partial charge is 0.323 e. The topological polar surface area (TPSA) is 66.8 Å². The highest BCUT2D eigenvalue weighted by atomic mass is 16.5. The minimum Gasteiger partial charge on any atom is -0.480 e. The van der Waals surface area contributed by atoms with Crippen molar-refractivity contribution >= 4 is 11.9 Å². The summed E-state index contributed by atoms with van der Waals surface area (Å²) in [5, 5.41) is 8.92. The standard InChI is InChI=1S/C16H21NO4/c1-2-17(11-14(18)19)16(20)13-9-6-10-21-15(13)12-7-4-3-5-8-12/h3-5,7-8,13,15H,2,6,9-11H2,1H3,(H,18,19)/t13-,15+/m0/s1. The van der Waals surface area contributed by atoms with Crippen LogP contribution >= 0.6 is 0 Å². The lowest BCUT2D eigenvalue weighted by atomic mass is 9.88. The van der Waals surface area contributed by atoms with Gasteiger partial charge in [-0.1, -0.05) is 30.3 Å². The average molecular weight is 291 g/mol. The molecule has 5 heteroatoms. The van der Waals surface area contributed by atoms with Gasteiger partial charge in [0, 0.05) is 13.2 Å². The van der Waals surface area contributed by atoms with Crippen LogP contribution in [0.4, 0.5) is 0 Å². The molecule has 114 valence electrons. The summed E-state index contributed by atoms with van der Waals surface area (Å²) < 4.78 is 5.80. The predicted molar refractivity (Wildman–Crippen MR) is 77.7 cm³/mol. The number of hydrogen-bond acceptors (Lipinski definition) is 3. The van der Waals surface area contributed by atoms with E-state index in [9.17, 15) is 9.59 Å². The van der Waals surface area contributed by atoms with Crippen molar-refractivity contribution < 1.29 is 19.4 Å². The van der Waals surface area contributed by atoms with Crippen LogP contribution in [0, 0.1) is 5.92 Å². The maximum absolute atomic E-state index is 12.6. The monoisotopic (exact) mass is 291 g/mol. The fourth-order valence-electron chi connectivity index (χ4n) is 2.75. The van der Waals surface area contributed by atoms with Crippen LogP contribution in [0.1, 0.15) is 31.4 Å². The molecule has 0 saturated carbocycles. The zero-order chi connectivity index (χ0) is 15.2. The van der Waals surface area contributed by atoms with E-state index in [1.165, 1.54) is 4.90 Å². The van der Waals surface area contributed by atoms with Gasteiger partial charge in [0.05, 0.1) is 12.0 Å². The van der Waals surface area contributed by atoms with Gasteiger partial charge >= 0.3 is 5.97 Å². The van der Waals surface area contributed by atoms with Crippen LogP contribution in [0.2, 0.25) is 0 Å². The van der Waals surface area contributed by atoms with E-state index >= 15 is 0 Å². The molecule has 1 aromatic rings. The number of nitrogens with zero attached hydrogens (tertiary/aromatic N) is 1. The molecule has 1 amide bonds. The summed E-state index contributed by atoms with van der Waals surface area (Å²) in [6.45, 7) is 2.56. The Hall–Kier alpha value is -1.88.